The van der Waals surface area contributed by atoms with Gasteiger partial charge in [0, 0.05) is 50.4 Å². The number of esters is 3. The molecule has 8 rings (SSSR count). The number of Topliss-reactive ketones (excluding diaryl/α,β-unsaturated/α-hetero) is 1. The van der Waals surface area contributed by atoms with Crippen LogP contribution in [0.2, 0.25) is 0 Å². The van der Waals surface area contributed by atoms with Crippen molar-refractivity contribution >= 4 is 65.2 Å². The van der Waals surface area contributed by atoms with Crippen molar-refractivity contribution in [2.24, 2.45) is 28.4 Å². The number of carbonyl (C=O) groups is 11. The number of amides is 7. The van der Waals surface area contributed by atoms with Gasteiger partial charge in [-0.3, -0.25) is 38.4 Å². The summed E-state index contributed by atoms with van der Waals surface area (Å²) in [7, 11) is 0. The number of ketones is 1. The molecule has 0 spiro atoms. The minimum absolute atomic E-state index is 0.00775. The average Bonchev–Trinajstić information content (AvgIpc) is 0.797. The highest BCUT2D eigenvalue weighted by Crippen LogP contribution is 2.64. The van der Waals surface area contributed by atoms with Gasteiger partial charge in [0.1, 0.15) is 54.6 Å². The van der Waals surface area contributed by atoms with Crippen LogP contribution in [0.25, 0.3) is 0 Å². The number of aliphatic hydroxyl groups excluding tert-OH is 4. The van der Waals surface area contributed by atoms with Crippen molar-refractivity contribution in [1.82, 2.24) is 36.8 Å². The summed E-state index contributed by atoms with van der Waals surface area (Å²) in [6.45, 7) is 11.8. The van der Waals surface area contributed by atoms with Gasteiger partial charge in [0.2, 0.25) is 29.5 Å². The number of likely N-dealkylation sites (tertiary alicyclic amines) is 1. The van der Waals surface area contributed by atoms with E-state index in [-0.39, 0.29) is 67.1 Å². The normalized spacial score (nSPS) is 26.7. The molecule has 5 aliphatic rings. The third-order valence-corrected chi connectivity index (χ3v) is 20.2. The van der Waals surface area contributed by atoms with Crippen LogP contribution in [0.5, 0.6) is 0 Å². The van der Waals surface area contributed by atoms with Crippen LogP contribution >= 0.6 is 0 Å². The van der Waals surface area contributed by atoms with E-state index in [1.807, 2.05) is 13.8 Å². The Morgan fingerprint density at radius 1 is 0.772 bits per heavy atom. The van der Waals surface area contributed by atoms with Crippen molar-refractivity contribution in [2.45, 2.75) is 197 Å². The Labute approximate surface area is 585 Å². The molecule has 4 fully saturated rings. The summed E-state index contributed by atoms with van der Waals surface area (Å²) in [5.41, 5.74) is -2.27. The van der Waals surface area contributed by atoms with Gasteiger partial charge in [0.05, 0.1) is 48.4 Å². The lowest BCUT2D eigenvalue weighted by atomic mass is 9.44. The first-order valence-electron chi connectivity index (χ1n) is 34.2. The standard InChI is InChI=1S/C72H95N8O21/c1-39(2)33-46(77-65(92)54(73)41(4)82)62(89)76-36-52(85)80-32-22-29-48(80)64(91)78-47(37-81)63(90)74-30-20-9-10-21-31-75-68(95)99-57-53-40(3)49(98-67(94)56(86)55(43-23-14-11-15-24-43)79-61(88)44-25-16-12-17-26-44)35-72(96,69(53,6)7)60(100-66(93)45-27-18-13-19-28-45)58-70(8,59(57)87)50(84)34-51-71(58,38-97-51)101-42(5)83/h11-19,23-28,36,39,41,46-51,54-58,60,81-82,84,86,96H,9-10,20-22,29-35,37-38,73H2,1-8H3,(H,74,90)(H,75,95)(H,76,89)(H,77,92)(H,78,91)(H,79,88)/t41?,46?,47?,48?,49-,50-,51+,54?,55-,56+,57+,58-,60-,70+,71-,72+/m0/s1. The fourth-order valence-corrected chi connectivity index (χ4v) is 14.6. The van der Waals surface area contributed by atoms with Gasteiger partial charge in [0.15, 0.2) is 23.6 Å². The topological polar surface area (TPSA) is 437 Å². The fourth-order valence-electron chi connectivity index (χ4n) is 14.6. The van der Waals surface area contributed by atoms with E-state index in [0.717, 1.165) is 13.5 Å². The van der Waals surface area contributed by atoms with E-state index in [1.165, 1.54) is 63.8 Å². The molecule has 3 aliphatic carbocycles. The Morgan fingerprint density at radius 2 is 1.39 bits per heavy atom. The summed E-state index contributed by atoms with van der Waals surface area (Å²) >= 11 is 0. The molecule has 2 bridgehead atoms. The summed E-state index contributed by atoms with van der Waals surface area (Å²) in [6, 6.07) is 17.6. The zero-order chi connectivity index (χ0) is 73.9. The Kier molecular flexibility index (Phi) is 25.8. The first-order valence-corrected chi connectivity index (χ1v) is 34.2. The molecule has 1 radical (unpaired) electrons. The number of fused-ring (bicyclic) bond motifs is 5. The van der Waals surface area contributed by atoms with Gasteiger partial charge in [-0.1, -0.05) is 107 Å². The van der Waals surface area contributed by atoms with Crippen LogP contribution in [-0.4, -0.2) is 207 Å². The van der Waals surface area contributed by atoms with Gasteiger partial charge in [-0.05, 0) is 99.8 Å². The lowest BCUT2D eigenvalue weighted by Gasteiger charge is -2.67. The number of benzene rings is 3. The highest BCUT2D eigenvalue weighted by molar-refractivity contribution is 5.99. The number of ether oxygens (including phenoxy) is 5. The zero-order valence-electron chi connectivity index (χ0n) is 58.0. The quantitative estimate of drug-likeness (QED) is 0.0203. The molecule has 16 atom stereocenters. The van der Waals surface area contributed by atoms with Gasteiger partial charge in [-0.25, -0.2) is 14.4 Å². The monoisotopic (exact) mass is 1410 g/mol. The maximum Gasteiger partial charge on any atom is 0.408 e. The summed E-state index contributed by atoms with van der Waals surface area (Å²) in [5, 5.41) is 74.0. The first kappa shape index (κ1) is 78.0. The molecule has 2 saturated carbocycles. The number of aliphatic hydroxyl groups is 5. The lowest BCUT2D eigenvalue weighted by Crippen LogP contribution is -2.82. The molecule has 3 aromatic carbocycles. The van der Waals surface area contributed by atoms with Crippen LogP contribution in [0.4, 0.5) is 4.79 Å². The summed E-state index contributed by atoms with van der Waals surface area (Å²) in [5.74, 6) is -10.2. The maximum absolute atomic E-state index is 16.2. The van der Waals surface area contributed by atoms with Gasteiger partial charge in [-0.15, -0.1) is 0 Å². The minimum atomic E-state index is -2.54. The second-order valence-electron chi connectivity index (χ2n) is 27.8. The van der Waals surface area contributed by atoms with Crippen LogP contribution in [-0.2, 0) is 62.0 Å². The predicted molar refractivity (Wildman–Crippen MR) is 359 cm³/mol. The van der Waals surface area contributed by atoms with E-state index >= 15 is 4.79 Å². The van der Waals surface area contributed by atoms with Gasteiger partial charge >= 0.3 is 24.0 Å². The van der Waals surface area contributed by atoms with Crippen LogP contribution in [0.15, 0.2) is 102 Å². The number of rotatable bonds is 29. The molecule has 549 valence electrons. The van der Waals surface area contributed by atoms with E-state index in [2.05, 4.69) is 31.9 Å². The highest BCUT2D eigenvalue weighted by atomic mass is 16.6. The molecule has 29 heteroatoms. The van der Waals surface area contributed by atoms with Gasteiger partial charge in [-0.2, -0.15) is 0 Å². The number of carbonyl (C=O) groups excluding carboxylic acids is 11. The molecule has 7 amide bonds. The number of nitrogens with one attached hydrogen (secondary N) is 6. The molecule has 0 aromatic heterocycles. The second-order valence-corrected chi connectivity index (χ2v) is 27.8. The number of nitrogens with zero attached hydrogens (tertiary/aromatic N) is 1. The fraction of sp³-hybridized carbons (Fsp3) is 0.556. The molecule has 29 nitrogen and oxygen atoms in total. The lowest BCUT2D eigenvalue weighted by molar-refractivity contribution is -0.345. The van der Waals surface area contributed by atoms with E-state index in [1.54, 1.807) is 66.7 Å². The van der Waals surface area contributed by atoms with Crippen LogP contribution in [0.1, 0.15) is 145 Å². The molecule has 2 heterocycles. The SMILES string of the molecule is CC(=O)O[C@@]12CO[C@@H]1C[C@H](O)[C@@]1(C)C(=O)[C@H](OC(=O)NCCCCCCNC(=O)C(CO)NC(=O)C3CCCN3C(=O)[CH]NC(=O)C(CC(C)C)NC(=O)C(N)C(C)O)C3=C(C)[C@@H](OC(=O)[C@H](O)[C@@H](NC(=O)c4ccccc4)c4ccccc4)C[C@@](O)([C@@H](OC(=O)c4ccccc4)[C@H]21)C3(C)C. The van der Waals surface area contributed by atoms with Crippen LogP contribution in [0, 0.1) is 29.2 Å². The Balaban J connectivity index is 0.959. The number of nitrogens with two attached hydrogens (primary N) is 1. The Hall–Kier alpha value is -8.71. The molecular weight excluding hydrogens is 1310 g/mol. The van der Waals surface area contributed by atoms with Crippen molar-refractivity contribution in [3.63, 3.8) is 0 Å². The van der Waals surface area contributed by atoms with Crippen LogP contribution < -0.4 is 37.6 Å². The maximum atomic E-state index is 16.2. The summed E-state index contributed by atoms with van der Waals surface area (Å²) in [6.07, 6.45) is -11.4. The molecule has 101 heavy (non-hydrogen) atoms. The van der Waals surface area contributed by atoms with Gasteiger partial charge < -0.3 is 91.8 Å². The Morgan fingerprint density at radius 3 is 1.97 bits per heavy atom. The van der Waals surface area contributed by atoms with Crippen molar-refractivity contribution in [3.8, 4) is 0 Å². The van der Waals surface area contributed by atoms with E-state index in [0.29, 0.717) is 37.7 Å². The molecule has 2 saturated heterocycles. The van der Waals surface area contributed by atoms with Crippen molar-refractivity contribution in [3.05, 3.63) is 125 Å². The third kappa shape index (κ3) is 17.1. The smallest absolute Gasteiger partial charge is 0.408 e. The number of hydrogen-bond donors (Lipinski definition) is 12. The van der Waals surface area contributed by atoms with E-state index in [4.69, 9.17) is 29.4 Å². The first-order chi connectivity index (χ1) is 47.8. The summed E-state index contributed by atoms with van der Waals surface area (Å²) < 4.78 is 31.1. The highest BCUT2D eigenvalue weighted by Gasteiger charge is 2.78. The third-order valence-electron chi connectivity index (χ3n) is 20.2. The van der Waals surface area contributed by atoms with E-state index in [9.17, 15) is 73.5 Å². The van der Waals surface area contributed by atoms with E-state index < -0.39 is 186 Å². The van der Waals surface area contributed by atoms with Gasteiger partial charge in [0.25, 0.3) is 5.91 Å². The largest absolute Gasteiger partial charge is 0.456 e. The van der Waals surface area contributed by atoms with Crippen LogP contribution in [0.3, 0.4) is 0 Å². The number of alkyl carbamates (subject to hydrolysis) is 1. The molecule has 5 unspecified atom stereocenters. The zero-order valence-corrected chi connectivity index (χ0v) is 58.0. The van der Waals surface area contributed by atoms with Crippen molar-refractivity contribution in [1.29, 1.82) is 0 Å². The van der Waals surface area contributed by atoms with Crippen molar-refractivity contribution < 1.29 is 102 Å². The minimum Gasteiger partial charge on any atom is -0.456 e. The molecule has 2 aliphatic heterocycles. The molecule has 3 aromatic rings. The average molecular weight is 1410 g/mol. The predicted octanol–water partition coefficient (Wildman–Crippen LogP) is 1.56. The molecular formula is C72H95N8O21. The summed E-state index contributed by atoms with van der Waals surface area (Å²) in [4.78, 5) is 154. The number of hydrogen-bond acceptors (Lipinski definition) is 22. The Bertz CT molecular complexity index is 3540. The second kappa shape index (κ2) is 33.4. The molecule has 13 N–H and O–H groups in total. The number of unbranched alkanes of at least 4 members (excludes halogenated alkanes) is 3. The van der Waals surface area contributed by atoms with Crippen molar-refractivity contribution in [2.75, 3.05) is 32.8 Å².